The van der Waals surface area contributed by atoms with Crippen LogP contribution in [-0.4, -0.2) is 29.4 Å². The largest absolute Gasteiger partial charge is 0.497 e. The lowest BCUT2D eigenvalue weighted by Crippen LogP contribution is -2.17. The highest BCUT2D eigenvalue weighted by Gasteiger charge is 2.09. The summed E-state index contributed by atoms with van der Waals surface area (Å²) in [5.41, 5.74) is 0.880. The number of aromatic amines is 2. The number of hydrogen-bond donors (Lipinski definition) is 2. The van der Waals surface area contributed by atoms with Crippen molar-refractivity contribution >= 4 is 12.2 Å². The van der Waals surface area contributed by atoms with Crippen LogP contribution in [0.25, 0.3) is 0 Å². The summed E-state index contributed by atoms with van der Waals surface area (Å²) in [5, 5.41) is 6.50. The first-order valence-corrected chi connectivity index (χ1v) is 5.93. The third kappa shape index (κ3) is 3.00. The van der Waals surface area contributed by atoms with Crippen LogP contribution < -0.4 is 15.0 Å². The zero-order valence-electron chi connectivity index (χ0n) is 10.5. The maximum absolute atomic E-state index is 11.7. The van der Waals surface area contributed by atoms with Crippen molar-refractivity contribution in [2.45, 2.75) is 6.42 Å². The molecule has 0 spiro atoms. The monoisotopic (exact) mass is 279 g/mol. The van der Waals surface area contributed by atoms with Crippen LogP contribution in [0, 0.1) is 4.77 Å². The Kier molecular flexibility index (Phi) is 3.96. The molecule has 2 N–H and O–H groups in total. The van der Waals surface area contributed by atoms with Crippen LogP contribution in [-0.2, 0) is 6.42 Å². The first-order valence-electron chi connectivity index (χ1n) is 5.53. The van der Waals surface area contributed by atoms with Gasteiger partial charge in [-0.1, -0.05) is 6.07 Å². The second-order valence-electron chi connectivity index (χ2n) is 3.81. The molecule has 0 aliphatic carbocycles. The van der Waals surface area contributed by atoms with Crippen molar-refractivity contribution in [3.8, 4) is 11.5 Å². The Morgan fingerprint density at radius 3 is 2.74 bits per heavy atom. The van der Waals surface area contributed by atoms with E-state index in [9.17, 15) is 4.79 Å². The molecular formula is C12H13N3O3S. The highest BCUT2D eigenvalue weighted by atomic mass is 32.1. The van der Waals surface area contributed by atoms with Crippen LogP contribution in [0.3, 0.4) is 0 Å². The number of aromatic nitrogens is 3. The van der Waals surface area contributed by atoms with E-state index in [0.29, 0.717) is 23.6 Å². The Balaban J connectivity index is 2.37. The molecule has 2 rings (SSSR count). The molecule has 0 bridgehead atoms. The van der Waals surface area contributed by atoms with Crippen molar-refractivity contribution < 1.29 is 9.47 Å². The van der Waals surface area contributed by atoms with Gasteiger partial charge in [0.1, 0.15) is 17.2 Å². The van der Waals surface area contributed by atoms with Gasteiger partial charge in [0.05, 0.1) is 14.2 Å². The minimum atomic E-state index is -0.304. The summed E-state index contributed by atoms with van der Waals surface area (Å²) in [6.07, 6.45) is 0.342. The van der Waals surface area contributed by atoms with Crippen LogP contribution in [0.15, 0.2) is 23.0 Å². The van der Waals surface area contributed by atoms with Gasteiger partial charge in [-0.15, -0.1) is 0 Å². The van der Waals surface area contributed by atoms with Gasteiger partial charge in [-0.2, -0.15) is 5.10 Å². The minimum Gasteiger partial charge on any atom is -0.497 e. The van der Waals surface area contributed by atoms with Crippen molar-refractivity contribution in [3.63, 3.8) is 0 Å². The fraction of sp³-hybridized carbons (Fsp3) is 0.250. The van der Waals surface area contributed by atoms with E-state index < -0.39 is 0 Å². The molecule has 7 heteroatoms. The van der Waals surface area contributed by atoms with Crippen LogP contribution >= 0.6 is 12.2 Å². The van der Waals surface area contributed by atoms with E-state index >= 15 is 0 Å². The number of methoxy groups -OCH3 is 2. The lowest BCUT2D eigenvalue weighted by atomic mass is 10.1. The van der Waals surface area contributed by atoms with Gasteiger partial charge in [-0.3, -0.25) is 14.9 Å². The van der Waals surface area contributed by atoms with Gasteiger partial charge in [-0.25, -0.2) is 0 Å². The number of nitrogens with one attached hydrogen (secondary N) is 2. The van der Waals surface area contributed by atoms with Crippen LogP contribution in [0.5, 0.6) is 11.5 Å². The first kappa shape index (κ1) is 13.3. The second kappa shape index (κ2) is 5.66. The SMILES string of the molecule is COc1ccc(Cc2n[nH]c(=S)[nH]c2=O)c(OC)c1. The third-order valence-electron chi connectivity index (χ3n) is 2.63. The van der Waals surface area contributed by atoms with E-state index in [2.05, 4.69) is 15.2 Å². The molecule has 2 aromatic rings. The quantitative estimate of drug-likeness (QED) is 0.828. The maximum Gasteiger partial charge on any atom is 0.273 e. The molecule has 100 valence electrons. The maximum atomic E-state index is 11.7. The molecule has 0 fully saturated rings. The summed E-state index contributed by atoms with van der Waals surface area (Å²) in [5.74, 6) is 1.33. The van der Waals surface area contributed by atoms with E-state index in [1.165, 1.54) is 0 Å². The van der Waals surface area contributed by atoms with E-state index in [1.807, 2.05) is 6.07 Å². The Labute approximate surface area is 114 Å². The lowest BCUT2D eigenvalue weighted by molar-refractivity contribution is 0.391. The van der Waals surface area contributed by atoms with Crippen molar-refractivity contribution in [1.82, 2.24) is 15.2 Å². The van der Waals surface area contributed by atoms with Gasteiger partial charge in [0.25, 0.3) is 5.56 Å². The standard InChI is InChI=1S/C12H13N3O3S/c1-17-8-4-3-7(10(6-8)18-2)5-9-11(16)13-12(19)15-14-9/h3-4,6H,5H2,1-2H3,(H2,13,15,16,19). The topological polar surface area (TPSA) is 80.0 Å². The summed E-state index contributed by atoms with van der Waals surface area (Å²) < 4.78 is 10.6. The predicted molar refractivity (Wildman–Crippen MR) is 72.4 cm³/mol. The lowest BCUT2D eigenvalue weighted by Gasteiger charge is -2.09. The van der Waals surface area contributed by atoms with Crippen molar-refractivity contribution in [2.24, 2.45) is 0 Å². The number of ether oxygens (including phenoxy) is 2. The molecule has 0 saturated carbocycles. The Hall–Kier alpha value is -2.15. The molecule has 0 unspecified atom stereocenters. The summed E-state index contributed by atoms with van der Waals surface area (Å²) in [4.78, 5) is 14.2. The molecule has 0 amide bonds. The van der Waals surface area contributed by atoms with Crippen molar-refractivity contribution in [3.05, 3.63) is 44.6 Å². The molecule has 0 atom stereocenters. The van der Waals surface area contributed by atoms with Crippen LogP contribution in [0.1, 0.15) is 11.3 Å². The molecule has 1 aromatic heterocycles. The van der Waals surface area contributed by atoms with E-state index in [4.69, 9.17) is 21.7 Å². The van der Waals surface area contributed by atoms with Crippen LogP contribution in [0.4, 0.5) is 0 Å². The molecule has 19 heavy (non-hydrogen) atoms. The van der Waals surface area contributed by atoms with Crippen molar-refractivity contribution in [2.75, 3.05) is 14.2 Å². The Morgan fingerprint density at radius 2 is 2.11 bits per heavy atom. The van der Waals surface area contributed by atoms with Crippen LogP contribution in [0.2, 0.25) is 0 Å². The smallest absolute Gasteiger partial charge is 0.273 e. The average molecular weight is 279 g/mol. The van der Waals surface area contributed by atoms with E-state index in [1.54, 1.807) is 26.4 Å². The first-order chi connectivity index (χ1) is 9.13. The molecule has 0 saturated heterocycles. The normalized spacial score (nSPS) is 10.2. The second-order valence-corrected chi connectivity index (χ2v) is 4.22. The number of rotatable bonds is 4. The molecule has 1 aromatic carbocycles. The summed E-state index contributed by atoms with van der Waals surface area (Å²) in [6, 6.07) is 5.40. The zero-order valence-corrected chi connectivity index (χ0v) is 11.3. The number of benzene rings is 1. The average Bonchev–Trinajstić information content (AvgIpc) is 2.42. The number of hydrogen-bond acceptors (Lipinski definition) is 5. The summed E-state index contributed by atoms with van der Waals surface area (Å²) >= 11 is 4.79. The van der Waals surface area contributed by atoms with Gasteiger partial charge < -0.3 is 9.47 Å². The highest BCUT2D eigenvalue weighted by Crippen LogP contribution is 2.25. The van der Waals surface area contributed by atoms with E-state index in [-0.39, 0.29) is 10.3 Å². The highest BCUT2D eigenvalue weighted by molar-refractivity contribution is 7.71. The number of nitrogens with zero attached hydrogens (tertiary/aromatic N) is 1. The Morgan fingerprint density at radius 1 is 1.32 bits per heavy atom. The van der Waals surface area contributed by atoms with Gasteiger partial charge in [0.15, 0.2) is 4.77 Å². The summed E-state index contributed by atoms with van der Waals surface area (Å²) in [6.45, 7) is 0. The van der Waals surface area contributed by atoms with Gasteiger partial charge >= 0.3 is 0 Å². The molecule has 0 radical (unpaired) electrons. The molecule has 0 aliphatic rings. The zero-order chi connectivity index (χ0) is 13.8. The van der Waals surface area contributed by atoms with Gasteiger partial charge in [-0.05, 0) is 18.3 Å². The predicted octanol–water partition coefficient (Wildman–Crippen LogP) is 1.44. The minimum absolute atomic E-state index is 0.204. The van der Waals surface area contributed by atoms with E-state index in [0.717, 1.165) is 5.56 Å². The van der Waals surface area contributed by atoms with Gasteiger partial charge in [0.2, 0.25) is 0 Å². The molecule has 6 nitrogen and oxygen atoms in total. The fourth-order valence-electron chi connectivity index (χ4n) is 1.67. The Bertz CT molecular complexity index is 693. The van der Waals surface area contributed by atoms with Gasteiger partial charge in [0, 0.05) is 18.1 Å². The van der Waals surface area contributed by atoms with Crippen molar-refractivity contribution in [1.29, 1.82) is 0 Å². The third-order valence-corrected chi connectivity index (χ3v) is 2.83. The fourth-order valence-corrected chi connectivity index (χ4v) is 1.81. The molecular weight excluding hydrogens is 266 g/mol. The molecule has 1 heterocycles. The summed E-state index contributed by atoms with van der Waals surface area (Å²) in [7, 11) is 3.15. The number of H-pyrrole nitrogens is 2. The molecule has 0 aliphatic heterocycles.